The highest BCUT2D eigenvalue weighted by Gasteiger charge is 2.17. The number of amides is 1. The summed E-state index contributed by atoms with van der Waals surface area (Å²) < 4.78 is 1.57. The molecule has 2 aromatic rings. The van der Waals surface area contributed by atoms with Gasteiger partial charge in [0, 0.05) is 19.3 Å². The van der Waals surface area contributed by atoms with Crippen LogP contribution in [0.4, 0.5) is 0 Å². The Kier molecular flexibility index (Phi) is 3.71. The van der Waals surface area contributed by atoms with Crippen molar-refractivity contribution in [2.75, 3.05) is 13.1 Å². The fourth-order valence-electron chi connectivity index (χ4n) is 2.43. The average molecular weight is 271 g/mol. The van der Waals surface area contributed by atoms with Crippen LogP contribution >= 0.6 is 0 Å². The van der Waals surface area contributed by atoms with Crippen LogP contribution in [0.2, 0.25) is 0 Å². The molecule has 1 fully saturated rings. The van der Waals surface area contributed by atoms with E-state index in [2.05, 4.69) is 15.1 Å². The van der Waals surface area contributed by atoms with Crippen molar-refractivity contribution in [3.8, 4) is 5.82 Å². The maximum absolute atomic E-state index is 12.4. The van der Waals surface area contributed by atoms with Gasteiger partial charge in [-0.25, -0.2) is 14.6 Å². The Labute approximate surface area is 117 Å². The third-order valence-electron chi connectivity index (χ3n) is 3.54. The summed E-state index contributed by atoms with van der Waals surface area (Å²) >= 11 is 0. The Bertz CT molecular complexity index is 556. The molecule has 0 unspecified atom stereocenters. The third-order valence-corrected chi connectivity index (χ3v) is 3.54. The Hall–Kier alpha value is -2.24. The van der Waals surface area contributed by atoms with Crippen molar-refractivity contribution in [3.63, 3.8) is 0 Å². The van der Waals surface area contributed by atoms with E-state index in [9.17, 15) is 4.79 Å². The summed E-state index contributed by atoms with van der Waals surface area (Å²) in [4.78, 5) is 22.5. The van der Waals surface area contributed by atoms with Gasteiger partial charge in [0.25, 0.3) is 5.91 Å². The standard InChI is InChI=1S/C14H17N5O/c20-14(18-7-3-1-2-4-8-18)12-5-6-13(16-9-12)19-11-15-10-17-19/h5-6,9-11H,1-4,7-8H2. The molecule has 104 valence electrons. The molecule has 6 nitrogen and oxygen atoms in total. The van der Waals surface area contributed by atoms with E-state index in [-0.39, 0.29) is 5.91 Å². The molecular weight excluding hydrogens is 254 g/mol. The topological polar surface area (TPSA) is 63.9 Å². The van der Waals surface area contributed by atoms with Crippen LogP contribution in [0.5, 0.6) is 0 Å². The van der Waals surface area contributed by atoms with Crippen LogP contribution < -0.4 is 0 Å². The molecule has 3 rings (SSSR count). The number of hydrogen-bond acceptors (Lipinski definition) is 4. The lowest BCUT2D eigenvalue weighted by Gasteiger charge is -2.20. The molecule has 0 bridgehead atoms. The van der Waals surface area contributed by atoms with Crippen LogP contribution in [0.15, 0.2) is 31.0 Å². The van der Waals surface area contributed by atoms with Gasteiger partial charge in [0.05, 0.1) is 5.56 Å². The smallest absolute Gasteiger partial charge is 0.255 e. The molecule has 1 amide bonds. The summed E-state index contributed by atoms with van der Waals surface area (Å²) in [6.45, 7) is 1.70. The second-order valence-electron chi connectivity index (χ2n) is 4.95. The average Bonchev–Trinajstić information content (AvgIpc) is 2.89. The zero-order valence-electron chi connectivity index (χ0n) is 11.3. The molecule has 1 aliphatic rings. The molecule has 2 aromatic heterocycles. The second-order valence-corrected chi connectivity index (χ2v) is 4.95. The molecule has 0 spiro atoms. The van der Waals surface area contributed by atoms with E-state index in [0.717, 1.165) is 25.9 Å². The Morgan fingerprint density at radius 2 is 1.90 bits per heavy atom. The molecular formula is C14H17N5O. The lowest BCUT2D eigenvalue weighted by atomic mass is 10.2. The van der Waals surface area contributed by atoms with E-state index >= 15 is 0 Å². The van der Waals surface area contributed by atoms with E-state index < -0.39 is 0 Å². The van der Waals surface area contributed by atoms with E-state index in [1.807, 2.05) is 4.90 Å². The minimum absolute atomic E-state index is 0.0736. The Balaban J connectivity index is 1.75. The highest BCUT2D eigenvalue weighted by atomic mass is 16.2. The van der Waals surface area contributed by atoms with Crippen molar-refractivity contribution in [2.24, 2.45) is 0 Å². The normalized spacial score (nSPS) is 15.9. The summed E-state index contributed by atoms with van der Waals surface area (Å²) in [6.07, 6.45) is 9.27. The number of hydrogen-bond donors (Lipinski definition) is 0. The molecule has 0 N–H and O–H groups in total. The van der Waals surface area contributed by atoms with E-state index in [4.69, 9.17) is 0 Å². The van der Waals surface area contributed by atoms with E-state index in [0.29, 0.717) is 11.4 Å². The number of aromatic nitrogens is 4. The van der Waals surface area contributed by atoms with Crippen molar-refractivity contribution in [1.29, 1.82) is 0 Å². The molecule has 1 saturated heterocycles. The largest absolute Gasteiger partial charge is 0.339 e. The van der Waals surface area contributed by atoms with Crippen molar-refractivity contribution in [3.05, 3.63) is 36.5 Å². The van der Waals surface area contributed by atoms with Crippen LogP contribution in [0, 0.1) is 0 Å². The van der Waals surface area contributed by atoms with Crippen molar-refractivity contribution < 1.29 is 4.79 Å². The minimum Gasteiger partial charge on any atom is -0.339 e. The van der Waals surface area contributed by atoms with Crippen molar-refractivity contribution in [2.45, 2.75) is 25.7 Å². The monoisotopic (exact) mass is 271 g/mol. The van der Waals surface area contributed by atoms with Crippen molar-refractivity contribution in [1.82, 2.24) is 24.6 Å². The van der Waals surface area contributed by atoms with Gasteiger partial charge >= 0.3 is 0 Å². The van der Waals surface area contributed by atoms with Gasteiger partial charge < -0.3 is 4.90 Å². The quantitative estimate of drug-likeness (QED) is 0.833. The molecule has 6 heteroatoms. The highest BCUT2D eigenvalue weighted by Crippen LogP contribution is 2.13. The van der Waals surface area contributed by atoms with Gasteiger partial charge in [0.15, 0.2) is 5.82 Å². The number of pyridine rings is 1. The predicted molar refractivity (Wildman–Crippen MR) is 73.5 cm³/mol. The number of carbonyl (C=O) groups is 1. The van der Waals surface area contributed by atoms with Crippen molar-refractivity contribution >= 4 is 5.91 Å². The van der Waals surface area contributed by atoms with Crippen LogP contribution in [0.3, 0.4) is 0 Å². The third kappa shape index (κ3) is 2.68. The van der Waals surface area contributed by atoms with E-state index in [1.54, 1.807) is 29.3 Å². The van der Waals surface area contributed by atoms with Crippen LogP contribution in [-0.4, -0.2) is 43.6 Å². The molecule has 0 aromatic carbocycles. The van der Waals surface area contributed by atoms with E-state index in [1.165, 1.54) is 19.2 Å². The van der Waals surface area contributed by atoms with Gasteiger partial charge in [-0.3, -0.25) is 4.79 Å². The van der Waals surface area contributed by atoms with Crippen LogP contribution in [0.1, 0.15) is 36.0 Å². The summed E-state index contributed by atoms with van der Waals surface area (Å²) in [5.74, 6) is 0.736. The van der Waals surface area contributed by atoms with Gasteiger partial charge in [0.1, 0.15) is 12.7 Å². The number of likely N-dealkylation sites (tertiary alicyclic amines) is 1. The first-order valence-electron chi connectivity index (χ1n) is 6.95. The zero-order chi connectivity index (χ0) is 13.8. The van der Waals surface area contributed by atoms with Gasteiger partial charge in [-0.1, -0.05) is 12.8 Å². The summed E-state index contributed by atoms with van der Waals surface area (Å²) in [7, 11) is 0. The summed E-state index contributed by atoms with van der Waals surface area (Å²) in [5.41, 5.74) is 0.635. The fraction of sp³-hybridized carbons (Fsp3) is 0.429. The fourth-order valence-corrected chi connectivity index (χ4v) is 2.43. The molecule has 1 aliphatic heterocycles. The molecule has 0 saturated carbocycles. The SMILES string of the molecule is O=C(c1ccc(-n2cncn2)nc1)N1CCCCCC1. The first kappa shape index (κ1) is 12.8. The highest BCUT2D eigenvalue weighted by molar-refractivity contribution is 5.94. The zero-order valence-corrected chi connectivity index (χ0v) is 11.3. The molecule has 0 atom stereocenters. The number of nitrogens with zero attached hydrogens (tertiary/aromatic N) is 5. The molecule has 20 heavy (non-hydrogen) atoms. The van der Waals surface area contributed by atoms with Gasteiger partial charge in [-0.2, -0.15) is 5.10 Å². The van der Waals surface area contributed by atoms with Gasteiger partial charge in [0.2, 0.25) is 0 Å². The maximum atomic E-state index is 12.4. The lowest BCUT2D eigenvalue weighted by Crippen LogP contribution is -2.31. The number of rotatable bonds is 2. The Morgan fingerprint density at radius 1 is 1.10 bits per heavy atom. The second kappa shape index (κ2) is 5.81. The first-order valence-corrected chi connectivity index (χ1v) is 6.95. The maximum Gasteiger partial charge on any atom is 0.255 e. The number of carbonyl (C=O) groups excluding carboxylic acids is 1. The summed E-state index contributed by atoms with van der Waals surface area (Å²) in [6, 6.07) is 3.59. The molecule has 3 heterocycles. The van der Waals surface area contributed by atoms with Gasteiger partial charge in [-0.05, 0) is 25.0 Å². The molecule has 0 aliphatic carbocycles. The summed E-state index contributed by atoms with van der Waals surface area (Å²) in [5, 5.41) is 4.01. The van der Waals surface area contributed by atoms with Crippen LogP contribution in [0.25, 0.3) is 5.82 Å². The molecule has 0 radical (unpaired) electrons. The van der Waals surface area contributed by atoms with Crippen LogP contribution in [-0.2, 0) is 0 Å². The minimum atomic E-state index is 0.0736. The Morgan fingerprint density at radius 3 is 2.50 bits per heavy atom. The lowest BCUT2D eigenvalue weighted by molar-refractivity contribution is 0.0761. The predicted octanol–water partition coefficient (Wildman–Crippen LogP) is 1.68. The van der Waals surface area contributed by atoms with Gasteiger partial charge in [-0.15, -0.1) is 0 Å². The first-order chi connectivity index (χ1) is 9.84.